The highest BCUT2D eigenvalue weighted by Gasteiger charge is 2.33. The van der Waals surface area contributed by atoms with Gasteiger partial charge in [-0.15, -0.1) is 0 Å². The SMILES string of the molecule is COc1cc(CC2CCN(c3ccc(-c4cn[nH]c4)c(C)n3)C2=O)ccc1F. The third-order valence-electron chi connectivity index (χ3n) is 5.17. The van der Waals surface area contributed by atoms with Gasteiger partial charge < -0.3 is 4.74 Å². The van der Waals surface area contributed by atoms with Crippen LogP contribution < -0.4 is 9.64 Å². The molecule has 1 aromatic carbocycles. The molecule has 144 valence electrons. The van der Waals surface area contributed by atoms with Gasteiger partial charge in [0.1, 0.15) is 5.82 Å². The number of halogens is 1. The standard InChI is InChI=1S/C21H21FN4O2/c1-13-17(16-11-23-24-12-16)4-6-20(25-13)26-8-7-15(21(26)27)9-14-3-5-18(22)19(10-14)28-2/h3-6,10-12,15H,7-9H2,1-2H3,(H,23,24). The molecule has 2 aromatic heterocycles. The van der Waals surface area contributed by atoms with Crippen LogP contribution in [0.5, 0.6) is 5.75 Å². The number of hydrogen-bond donors (Lipinski definition) is 1. The maximum atomic E-state index is 13.6. The van der Waals surface area contributed by atoms with Gasteiger partial charge in [0.25, 0.3) is 0 Å². The van der Waals surface area contributed by atoms with Gasteiger partial charge >= 0.3 is 0 Å². The fraction of sp³-hybridized carbons (Fsp3) is 0.286. The zero-order chi connectivity index (χ0) is 19.7. The van der Waals surface area contributed by atoms with Gasteiger partial charge in [-0.25, -0.2) is 9.37 Å². The van der Waals surface area contributed by atoms with Crippen molar-refractivity contribution in [3.63, 3.8) is 0 Å². The molecule has 1 aliphatic rings. The lowest BCUT2D eigenvalue weighted by molar-refractivity contribution is -0.120. The Morgan fingerprint density at radius 1 is 1.32 bits per heavy atom. The molecule has 6 nitrogen and oxygen atoms in total. The molecule has 7 heteroatoms. The Balaban J connectivity index is 1.51. The van der Waals surface area contributed by atoms with E-state index in [2.05, 4.69) is 15.2 Å². The third-order valence-corrected chi connectivity index (χ3v) is 5.17. The van der Waals surface area contributed by atoms with Gasteiger partial charge in [-0.1, -0.05) is 6.07 Å². The Morgan fingerprint density at radius 2 is 2.18 bits per heavy atom. The summed E-state index contributed by atoms with van der Waals surface area (Å²) in [4.78, 5) is 19.3. The van der Waals surface area contributed by atoms with E-state index in [-0.39, 0.29) is 17.6 Å². The summed E-state index contributed by atoms with van der Waals surface area (Å²) >= 11 is 0. The zero-order valence-electron chi connectivity index (χ0n) is 15.8. The van der Waals surface area contributed by atoms with Crippen LogP contribution in [0.1, 0.15) is 17.7 Å². The summed E-state index contributed by atoms with van der Waals surface area (Å²) in [5.41, 5.74) is 3.68. The van der Waals surface area contributed by atoms with E-state index in [0.717, 1.165) is 28.8 Å². The number of methoxy groups -OCH3 is 1. The molecule has 0 aliphatic carbocycles. The smallest absolute Gasteiger partial charge is 0.231 e. The minimum atomic E-state index is -0.400. The second-order valence-corrected chi connectivity index (χ2v) is 6.94. The van der Waals surface area contributed by atoms with Gasteiger partial charge in [0.2, 0.25) is 5.91 Å². The number of aryl methyl sites for hydroxylation is 1. The molecule has 1 atom stereocenters. The van der Waals surface area contributed by atoms with Crippen LogP contribution in [0.25, 0.3) is 11.1 Å². The molecule has 0 saturated carbocycles. The number of nitrogens with one attached hydrogen (secondary N) is 1. The summed E-state index contributed by atoms with van der Waals surface area (Å²) in [5.74, 6) is 0.362. The summed E-state index contributed by atoms with van der Waals surface area (Å²) in [5, 5.41) is 6.77. The van der Waals surface area contributed by atoms with E-state index in [1.807, 2.05) is 25.3 Å². The average Bonchev–Trinajstić information content (AvgIpc) is 3.34. The van der Waals surface area contributed by atoms with Crippen LogP contribution in [-0.4, -0.2) is 34.7 Å². The lowest BCUT2D eigenvalue weighted by Crippen LogP contribution is -2.28. The highest BCUT2D eigenvalue weighted by Crippen LogP contribution is 2.30. The van der Waals surface area contributed by atoms with Crippen LogP contribution in [-0.2, 0) is 11.2 Å². The van der Waals surface area contributed by atoms with E-state index < -0.39 is 5.82 Å². The number of amides is 1. The van der Waals surface area contributed by atoms with Crippen molar-refractivity contribution < 1.29 is 13.9 Å². The molecule has 1 saturated heterocycles. The van der Waals surface area contributed by atoms with E-state index in [4.69, 9.17) is 4.74 Å². The van der Waals surface area contributed by atoms with Crippen molar-refractivity contribution in [3.05, 3.63) is 59.8 Å². The number of aromatic nitrogens is 3. The second-order valence-electron chi connectivity index (χ2n) is 6.94. The Labute approximate surface area is 162 Å². The van der Waals surface area contributed by atoms with Crippen LogP contribution in [0, 0.1) is 18.7 Å². The van der Waals surface area contributed by atoms with Crippen molar-refractivity contribution >= 4 is 11.7 Å². The first-order chi connectivity index (χ1) is 13.6. The fourth-order valence-electron chi connectivity index (χ4n) is 3.67. The number of nitrogens with zero attached hydrogens (tertiary/aromatic N) is 3. The van der Waals surface area contributed by atoms with Gasteiger partial charge in [0, 0.05) is 35.5 Å². The predicted molar refractivity (Wildman–Crippen MR) is 104 cm³/mol. The number of aromatic amines is 1. The van der Waals surface area contributed by atoms with Gasteiger partial charge in [0.15, 0.2) is 11.6 Å². The number of pyridine rings is 1. The summed E-state index contributed by atoms with van der Waals surface area (Å²) in [6, 6.07) is 8.58. The van der Waals surface area contributed by atoms with E-state index in [0.29, 0.717) is 18.8 Å². The molecule has 0 spiro atoms. The number of benzene rings is 1. The van der Waals surface area contributed by atoms with Crippen molar-refractivity contribution in [2.75, 3.05) is 18.6 Å². The van der Waals surface area contributed by atoms with Gasteiger partial charge in [-0.2, -0.15) is 5.10 Å². The molecular weight excluding hydrogens is 359 g/mol. The highest BCUT2D eigenvalue weighted by molar-refractivity contribution is 5.96. The quantitative estimate of drug-likeness (QED) is 0.735. The number of rotatable bonds is 5. The minimum Gasteiger partial charge on any atom is -0.494 e. The number of anilines is 1. The zero-order valence-corrected chi connectivity index (χ0v) is 15.8. The molecule has 1 N–H and O–H groups in total. The first-order valence-corrected chi connectivity index (χ1v) is 9.17. The molecule has 1 unspecified atom stereocenters. The van der Waals surface area contributed by atoms with Crippen LogP contribution in [0.4, 0.5) is 10.2 Å². The Hall–Kier alpha value is -3.22. The molecule has 3 heterocycles. The molecule has 28 heavy (non-hydrogen) atoms. The maximum absolute atomic E-state index is 13.6. The van der Waals surface area contributed by atoms with Crippen LogP contribution in [0.15, 0.2) is 42.7 Å². The fourth-order valence-corrected chi connectivity index (χ4v) is 3.67. The monoisotopic (exact) mass is 380 g/mol. The lowest BCUT2D eigenvalue weighted by atomic mass is 9.98. The van der Waals surface area contributed by atoms with E-state index in [1.165, 1.54) is 13.2 Å². The third kappa shape index (κ3) is 3.35. The molecule has 3 aromatic rings. The first-order valence-electron chi connectivity index (χ1n) is 9.17. The summed E-state index contributed by atoms with van der Waals surface area (Å²) in [6.45, 7) is 2.55. The minimum absolute atomic E-state index is 0.0475. The second kappa shape index (κ2) is 7.42. The van der Waals surface area contributed by atoms with Crippen molar-refractivity contribution in [1.82, 2.24) is 15.2 Å². The number of hydrogen-bond acceptors (Lipinski definition) is 4. The Morgan fingerprint density at radius 3 is 2.89 bits per heavy atom. The van der Waals surface area contributed by atoms with Gasteiger partial charge in [-0.05, 0) is 49.6 Å². The topological polar surface area (TPSA) is 71.1 Å². The average molecular weight is 380 g/mol. The van der Waals surface area contributed by atoms with Gasteiger partial charge in [-0.3, -0.25) is 14.8 Å². The van der Waals surface area contributed by atoms with Crippen molar-refractivity contribution in [1.29, 1.82) is 0 Å². The molecule has 1 fully saturated rings. The molecule has 4 rings (SSSR count). The van der Waals surface area contributed by atoms with Crippen molar-refractivity contribution in [2.24, 2.45) is 5.92 Å². The lowest BCUT2D eigenvalue weighted by Gasteiger charge is -2.17. The molecule has 0 bridgehead atoms. The predicted octanol–water partition coefficient (Wildman–Crippen LogP) is 3.52. The van der Waals surface area contributed by atoms with Gasteiger partial charge in [0.05, 0.1) is 13.3 Å². The molecule has 0 radical (unpaired) electrons. The molecule has 1 aliphatic heterocycles. The Kier molecular flexibility index (Phi) is 4.81. The Bertz CT molecular complexity index is 1000. The van der Waals surface area contributed by atoms with Crippen LogP contribution in [0.2, 0.25) is 0 Å². The maximum Gasteiger partial charge on any atom is 0.231 e. The van der Waals surface area contributed by atoms with Crippen molar-refractivity contribution in [3.8, 4) is 16.9 Å². The number of ether oxygens (including phenoxy) is 1. The number of H-pyrrole nitrogens is 1. The molecule has 1 amide bonds. The summed E-state index contributed by atoms with van der Waals surface area (Å²) < 4.78 is 18.6. The van der Waals surface area contributed by atoms with Crippen molar-refractivity contribution in [2.45, 2.75) is 19.8 Å². The van der Waals surface area contributed by atoms with E-state index in [9.17, 15) is 9.18 Å². The summed E-state index contributed by atoms with van der Waals surface area (Å²) in [6.07, 6.45) is 4.86. The van der Waals surface area contributed by atoms with Crippen LogP contribution >= 0.6 is 0 Å². The molecular formula is C21H21FN4O2. The summed E-state index contributed by atoms with van der Waals surface area (Å²) in [7, 11) is 1.44. The highest BCUT2D eigenvalue weighted by atomic mass is 19.1. The normalized spacial score (nSPS) is 16.6. The van der Waals surface area contributed by atoms with Crippen LogP contribution in [0.3, 0.4) is 0 Å². The first kappa shape index (κ1) is 18.2. The van der Waals surface area contributed by atoms with E-state index in [1.54, 1.807) is 23.2 Å². The largest absolute Gasteiger partial charge is 0.494 e. The van der Waals surface area contributed by atoms with E-state index >= 15 is 0 Å². The number of carbonyl (C=O) groups is 1. The number of carbonyl (C=O) groups excluding carboxylic acids is 1.